The van der Waals surface area contributed by atoms with Gasteiger partial charge in [-0.25, -0.2) is 9.78 Å². The Labute approximate surface area is 311 Å². The highest BCUT2D eigenvalue weighted by Crippen LogP contribution is 2.49. The van der Waals surface area contributed by atoms with Crippen molar-refractivity contribution >= 4 is 29.6 Å². The van der Waals surface area contributed by atoms with Crippen molar-refractivity contribution in [2.45, 2.75) is 82.2 Å². The molecule has 7 rings (SSSR count). The molecule has 3 saturated carbocycles. The summed E-state index contributed by atoms with van der Waals surface area (Å²) in [5.74, 6) is -1.23. The number of amides is 2. The highest BCUT2D eigenvalue weighted by Gasteiger charge is 2.64. The zero-order valence-corrected chi connectivity index (χ0v) is 29.8. The van der Waals surface area contributed by atoms with Gasteiger partial charge in [-0.1, -0.05) is 36.7 Å². The highest BCUT2D eigenvalue weighted by atomic mass is 35.5. The maximum absolute atomic E-state index is 14.6. The van der Waals surface area contributed by atoms with Crippen LogP contribution in [0.25, 0.3) is 22.5 Å². The maximum Gasteiger partial charge on any atom is 0.411 e. The van der Waals surface area contributed by atoms with E-state index >= 15 is 0 Å². The Morgan fingerprint density at radius 1 is 1.09 bits per heavy atom. The summed E-state index contributed by atoms with van der Waals surface area (Å²) in [6.45, 7) is -1.43. The van der Waals surface area contributed by atoms with Gasteiger partial charge in [0.15, 0.2) is 11.8 Å². The molecule has 18 heteroatoms. The molecule has 3 fully saturated rings. The Bertz CT molecular complexity index is 2050. The number of guanidine groups is 1. The molecule has 0 radical (unpaired) electrons. The number of hydrogen-bond acceptors (Lipinski definition) is 7. The first kappa shape index (κ1) is 37.3. The van der Waals surface area contributed by atoms with Crippen molar-refractivity contribution in [3.05, 3.63) is 77.3 Å². The van der Waals surface area contributed by atoms with E-state index in [2.05, 4.69) is 27.1 Å². The van der Waals surface area contributed by atoms with Gasteiger partial charge in [0.2, 0.25) is 0 Å². The van der Waals surface area contributed by atoms with E-state index in [0.29, 0.717) is 17.1 Å². The molecule has 2 heterocycles. The molecule has 0 aliphatic heterocycles. The predicted octanol–water partition coefficient (Wildman–Crippen LogP) is 7.70. The van der Waals surface area contributed by atoms with Crippen molar-refractivity contribution in [2.24, 2.45) is 16.1 Å². The number of carbonyl (C=O) groups is 2. The van der Waals surface area contributed by atoms with Crippen LogP contribution in [0, 0.1) is 5.41 Å². The molecule has 3 aliphatic carbocycles. The zero-order chi connectivity index (χ0) is 38.4. The van der Waals surface area contributed by atoms with Crippen molar-refractivity contribution in [3.63, 3.8) is 0 Å². The molecular formula is C36H37ClF5N9O3. The molecule has 1 atom stereocenters. The van der Waals surface area contributed by atoms with Gasteiger partial charge in [-0.05, 0) is 85.8 Å². The summed E-state index contributed by atoms with van der Waals surface area (Å²) in [6.07, 6.45) is 2.69. The smallest absolute Gasteiger partial charge is 0.411 e. The van der Waals surface area contributed by atoms with E-state index in [9.17, 15) is 31.5 Å². The van der Waals surface area contributed by atoms with E-state index in [0.717, 1.165) is 48.0 Å². The van der Waals surface area contributed by atoms with Gasteiger partial charge in [0.25, 0.3) is 5.91 Å². The fourth-order valence-corrected chi connectivity index (χ4v) is 6.37. The standard InChI is InChI=1S/C36H37ClF5N9O3/c1-34(10-11-34)14-15-44-32(43)50(30(52)22-4-2-21(3-5-22)24-17-46-49(18-24)25-7-8-25)28(19-54-33(53)48-35(12-13-35)36(40,41)42)23-6-9-27(37)26(16-23)29-45-20-47-51(29)31(38)39/h2-6,9,16-18,20,25,28,31H,7-8,10-15,19H2,1H3,(H2,43,44)(H,48,53)/t28-/m1/s1. The Balaban J connectivity index is 1.25. The molecule has 3 N–H and O–H groups in total. The minimum absolute atomic E-state index is 0.00362. The largest absolute Gasteiger partial charge is 0.447 e. The number of ether oxygens (including phenoxy) is 1. The topological polar surface area (TPSA) is 146 Å². The summed E-state index contributed by atoms with van der Waals surface area (Å²) < 4.78 is 76.5. The first-order chi connectivity index (χ1) is 25.7. The quantitative estimate of drug-likeness (QED) is 0.0805. The number of nitrogens with zero attached hydrogens (tertiary/aromatic N) is 7. The van der Waals surface area contributed by atoms with Gasteiger partial charge in [0.05, 0.1) is 23.3 Å². The lowest BCUT2D eigenvalue weighted by atomic mass is 10.0. The normalized spacial score (nSPS) is 18.0. The Hall–Kier alpha value is -5.06. The number of alkyl carbamates (subject to hydrolysis) is 1. The van der Waals surface area contributed by atoms with Gasteiger partial charge >= 0.3 is 18.8 Å². The highest BCUT2D eigenvalue weighted by molar-refractivity contribution is 6.33. The van der Waals surface area contributed by atoms with Gasteiger partial charge in [-0.3, -0.25) is 19.4 Å². The summed E-state index contributed by atoms with van der Waals surface area (Å²) in [7, 11) is 0. The zero-order valence-electron chi connectivity index (χ0n) is 29.1. The molecule has 2 amide bonds. The summed E-state index contributed by atoms with van der Waals surface area (Å²) in [4.78, 5) is 37.0. The second-order valence-corrected chi connectivity index (χ2v) is 14.8. The molecule has 2 aromatic carbocycles. The third-order valence-corrected chi connectivity index (χ3v) is 10.6. The van der Waals surface area contributed by atoms with Crippen LogP contribution in [0.15, 0.2) is 66.2 Å². The number of aliphatic imine (C=N–C) groups is 1. The average Bonchev–Trinajstić information content (AvgIpc) is 4.11. The molecule has 12 nitrogen and oxygen atoms in total. The molecule has 0 unspecified atom stereocenters. The lowest BCUT2D eigenvalue weighted by Crippen LogP contribution is -2.49. The molecule has 2 aromatic heterocycles. The van der Waals surface area contributed by atoms with E-state index in [-0.39, 0.29) is 58.3 Å². The van der Waals surface area contributed by atoms with Crippen molar-refractivity contribution in [2.75, 3.05) is 13.2 Å². The van der Waals surface area contributed by atoms with Gasteiger partial charge in [-0.15, -0.1) is 0 Å². The van der Waals surface area contributed by atoms with Crippen LogP contribution in [0.1, 0.15) is 86.4 Å². The van der Waals surface area contributed by atoms with Crippen LogP contribution in [-0.2, 0) is 4.74 Å². The first-order valence-electron chi connectivity index (χ1n) is 17.4. The number of aromatic nitrogens is 5. The lowest BCUT2D eigenvalue weighted by Gasteiger charge is -2.32. The Morgan fingerprint density at radius 2 is 1.81 bits per heavy atom. The van der Waals surface area contributed by atoms with Crippen LogP contribution in [0.2, 0.25) is 5.02 Å². The Morgan fingerprint density at radius 3 is 2.44 bits per heavy atom. The lowest BCUT2D eigenvalue weighted by molar-refractivity contribution is -0.164. The van der Waals surface area contributed by atoms with Crippen LogP contribution >= 0.6 is 11.6 Å². The third-order valence-electron chi connectivity index (χ3n) is 10.2. The van der Waals surface area contributed by atoms with Crippen LogP contribution in [-0.4, -0.2) is 72.3 Å². The molecule has 286 valence electrons. The van der Waals surface area contributed by atoms with Gasteiger partial charge < -0.3 is 15.8 Å². The van der Waals surface area contributed by atoms with Crippen molar-refractivity contribution in [1.29, 1.82) is 0 Å². The number of rotatable bonds is 13. The minimum Gasteiger partial charge on any atom is -0.447 e. The molecule has 3 aliphatic rings. The summed E-state index contributed by atoms with van der Waals surface area (Å²) >= 11 is 6.46. The van der Waals surface area contributed by atoms with Crippen molar-refractivity contribution in [3.8, 4) is 22.5 Å². The number of halogens is 6. The molecule has 0 saturated heterocycles. The number of nitrogens with one attached hydrogen (secondary N) is 1. The summed E-state index contributed by atoms with van der Waals surface area (Å²) in [5.41, 5.74) is 6.24. The van der Waals surface area contributed by atoms with E-state index in [1.54, 1.807) is 30.5 Å². The van der Waals surface area contributed by atoms with Crippen LogP contribution < -0.4 is 11.1 Å². The fourth-order valence-electron chi connectivity index (χ4n) is 6.17. The molecule has 4 aromatic rings. The molecule has 0 spiro atoms. The third kappa shape index (κ3) is 7.91. The molecule has 54 heavy (non-hydrogen) atoms. The van der Waals surface area contributed by atoms with E-state index in [1.807, 2.05) is 16.2 Å². The number of carbonyl (C=O) groups excluding carboxylic acids is 2. The van der Waals surface area contributed by atoms with Crippen molar-refractivity contribution < 1.29 is 36.3 Å². The van der Waals surface area contributed by atoms with Crippen LogP contribution in [0.5, 0.6) is 0 Å². The average molecular weight is 774 g/mol. The predicted molar refractivity (Wildman–Crippen MR) is 188 cm³/mol. The summed E-state index contributed by atoms with van der Waals surface area (Å²) in [6, 6.07) is 9.87. The van der Waals surface area contributed by atoms with E-state index in [4.69, 9.17) is 22.1 Å². The number of benzene rings is 2. The van der Waals surface area contributed by atoms with Gasteiger partial charge in [-0.2, -0.15) is 36.8 Å². The van der Waals surface area contributed by atoms with Crippen LogP contribution in [0.4, 0.5) is 26.7 Å². The Kier molecular flexibility index (Phi) is 9.87. The number of hydrogen-bond donors (Lipinski definition) is 2. The van der Waals surface area contributed by atoms with Gasteiger partial charge in [0, 0.05) is 29.4 Å². The fraction of sp³-hybridized carbons (Fsp3) is 0.444. The minimum atomic E-state index is -4.71. The van der Waals surface area contributed by atoms with Crippen LogP contribution in [0.3, 0.4) is 0 Å². The first-order valence-corrected chi connectivity index (χ1v) is 17.8. The summed E-state index contributed by atoms with van der Waals surface area (Å²) in [5, 5.41) is 9.93. The van der Waals surface area contributed by atoms with Crippen molar-refractivity contribution in [1.82, 2.24) is 34.8 Å². The SMILES string of the molecule is CC1(CCN=C(N)N(C(=O)c2ccc(-c3cnn(C4CC4)c3)cc2)[C@H](COC(=O)NC2(C(F)(F)F)CC2)c2ccc(Cl)c(-c3ncnn3C(F)F)c2)CC1. The maximum atomic E-state index is 14.6. The molecule has 0 bridgehead atoms. The monoisotopic (exact) mass is 773 g/mol. The second-order valence-electron chi connectivity index (χ2n) is 14.4. The number of alkyl halides is 5. The van der Waals surface area contributed by atoms with E-state index < -0.39 is 42.9 Å². The second kappa shape index (κ2) is 14.3. The van der Waals surface area contributed by atoms with E-state index in [1.165, 1.54) is 18.2 Å². The number of nitrogens with two attached hydrogens (primary N) is 1. The van der Waals surface area contributed by atoms with Gasteiger partial charge in [0.1, 0.15) is 18.5 Å². The molecular weight excluding hydrogens is 737 g/mol.